The summed E-state index contributed by atoms with van der Waals surface area (Å²) in [6, 6.07) is 17.4. The van der Waals surface area contributed by atoms with Crippen molar-refractivity contribution in [3.8, 4) is 18.0 Å². The van der Waals surface area contributed by atoms with Gasteiger partial charge in [-0.25, -0.2) is 9.97 Å². The molecule has 4 N–H and O–H groups in total. The minimum absolute atomic E-state index is 0.0162. The normalized spacial score (nSPS) is 10.1. The molecule has 154 valence electrons. The first-order valence-corrected chi connectivity index (χ1v) is 9.53. The summed E-state index contributed by atoms with van der Waals surface area (Å²) in [5.41, 5.74) is 12.6. The molecule has 0 spiro atoms. The molecule has 0 bridgehead atoms. The summed E-state index contributed by atoms with van der Waals surface area (Å²) in [6.07, 6.45) is 9.07. The van der Waals surface area contributed by atoms with Crippen molar-refractivity contribution in [2.45, 2.75) is 13.3 Å². The van der Waals surface area contributed by atoms with Gasteiger partial charge < -0.3 is 11.5 Å². The Bertz CT molecular complexity index is 1340. The number of nitrogens with zero attached hydrogens (tertiary/aromatic N) is 3. The first-order chi connectivity index (χ1) is 15.0. The minimum Gasteiger partial charge on any atom is -0.382 e. The molecule has 2 aromatic heterocycles. The second kappa shape index (κ2) is 9.37. The average molecular weight is 411 g/mol. The summed E-state index contributed by atoms with van der Waals surface area (Å²) in [5, 5.41) is 1.51. The fourth-order valence-corrected chi connectivity index (χ4v) is 3.19. The van der Waals surface area contributed by atoms with Crippen LogP contribution in [0, 0.1) is 12.3 Å². The third-order valence-electron chi connectivity index (χ3n) is 4.62. The van der Waals surface area contributed by atoms with E-state index in [4.69, 9.17) is 17.9 Å². The van der Waals surface area contributed by atoms with Gasteiger partial charge in [0.25, 0.3) is 11.5 Å². The van der Waals surface area contributed by atoms with E-state index in [-0.39, 0.29) is 17.1 Å². The molecular weight excluding hydrogens is 390 g/mol. The highest BCUT2D eigenvalue weighted by atomic mass is 16.1. The van der Waals surface area contributed by atoms with Gasteiger partial charge in [0.15, 0.2) is 11.5 Å². The van der Waals surface area contributed by atoms with Crippen molar-refractivity contribution in [1.29, 1.82) is 0 Å². The van der Waals surface area contributed by atoms with Crippen LogP contribution in [0.1, 0.15) is 28.7 Å². The molecule has 0 aliphatic carbocycles. The number of hydrogen-bond donors (Lipinski definition) is 2. The molecule has 2 aromatic carbocycles. The molecule has 7 nitrogen and oxygen atoms in total. The van der Waals surface area contributed by atoms with Gasteiger partial charge in [0, 0.05) is 29.3 Å². The highest BCUT2D eigenvalue weighted by Crippen LogP contribution is 2.19. The number of carbonyl (C=O) groups is 1. The SMILES string of the molecule is C#Cc1cccc2cc(CC)n(-c3ccccc3)c(=O)c12.NC(=O)c1nccnc1N. The average Bonchev–Trinajstić information content (AvgIpc) is 2.79. The maximum atomic E-state index is 13.0. The number of pyridine rings is 1. The Morgan fingerprint density at radius 1 is 1.10 bits per heavy atom. The number of anilines is 1. The summed E-state index contributed by atoms with van der Waals surface area (Å²) in [7, 11) is 0. The van der Waals surface area contributed by atoms with Gasteiger partial charge in [0.2, 0.25) is 0 Å². The van der Waals surface area contributed by atoms with Crippen LogP contribution in [-0.4, -0.2) is 20.4 Å². The molecule has 0 fully saturated rings. The molecule has 0 aliphatic heterocycles. The van der Waals surface area contributed by atoms with E-state index in [1.165, 1.54) is 12.4 Å². The number of benzene rings is 2. The van der Waals surface area contributed by atoms with Gasteiger partial charge >= 0.3 is 0 Å². The van der Waals surface area contributed by atoms with Crippen LogP contribution in [-0.2, 0) is 6.42 Å². The first kappa shape index (κ1) is 21.3. The van der Waals surface area contributed by atoms with Crippen molar-refractivity contribution in [3.05, 3.63) is 94.3 Å². The number of amides is 1. The zero-order valence-electron chi connectivity index (χ0n) is 16.9. The third-order valence-corrected chi connectivity index (χ3v) is 4.62. The third kappa shape index (κ3) is 4.43. The van der Waals surface area contributed by atoms with Crippen LogP contribution >= 0.6 is 0 Å². The van der Waals surface area contributed by atoms with Crippen LogP contribution in [0.5, 0.6) is 0 Å². The monoisotopic (exact) mass is 411 g/mol. The van der Waals surface area contributed by atoms with Gasteiger partial charge in [0.1, 0.15) is 0 Å². The molecule has 2 heterocycles. The predicted octanol–water partition coefficient (Wildman–Crippen LogP) is 2.69. The summed E-state index contributed by atoms with van der Waals surface area (Å²) in [6.45, 7) is 2.05. The Morgan fingerprint density at radius 2 is 1.81 bits per heavy atom. The van der Waals surface area contributed by atoms with Crippen LogP contribution in [0.4, 0.5) is 5.82 Å². The Kier molecular flexibility index (Phi) is 6.43. The lowest BCUT2D eigenvalue weighted by atomic mass is 10.0. The molecule has 0 saturated heterocycles. The molecular formula is C24H21N5O2. The van der Waals surface area contributed by atoms with E-state index >= 15 is 0 Å². The van der Waals surface area contributed by atoms with Crippen LogP contribution < -0.4 is 17.0 Å². The Morgan fingerprint density at radius 3 is 2.39 bits per heavy atom. The van der Waals surface area contributed by atoms with E-state index in [1.54, 1.807) is 4.57 Å². The fraction of sp³-hybridized carbons (Fsp3) is 0.0833. The molecule has 0 radical (unpaired) electrons. The van der Waals surface area contributed by atoms with Gasteiger partial charge in [-0.3, -0.25) is 14.2 Å². The minimum atomic E-state index is -0.661. The molecule has 4 rings (SSSR count). The van der Waals surface area contributed by atoms with Crippen molar-refractivity contribution >= 4 is 22.5 Å². The van der Waals surface area contributed by atoms with Crippen molar-refractivity contribution in [2.75, 3.05) is 5.73 Å². The molecule has 0 aliphatic rings. The number of fused-ring (bicyclic) bond motifs is 1. The molecule has 0 unspecified atom stereocenters. The number of aryl methyl sites for hydroxylation is 1. The second-order valence-corrected chi connectivity index (χ2v) is 6.53. The van der Waals surface area contributed by atoms with Crippen LogP contribution in [0.2, 0.25) is 0 Å². The number of terminal acetylenes is 1. The lowest BCUT2D eigenvalue weighted by Crippen LogP contribution is -2.22. The zero-order chi connectivity index (χ0) is 22.4. The Balaban J connectivity index is 0.000000229. The van der Waals surface area contributed by atoms with E-state index < -0.39 is 5.91 Å². The molecule has 4 aromatic rings. The van der Waals surface area contributed by atoms with Crippen LogP contribution in [0.15, 0.2) is 71.8 Å². The first-order valence-electron chi connectivity index (χ1n) is 9.53. The molecule has 7 heteroatoms. The summed E-state index contributed by atoms with van der Waals surface area (Å²) >= 11 is 0. The van der Waals surface area contributed by atoms with Gasteiger partial charge in [-0.2, -0.15) is 0 Å². The van der Waals surface area contributed by atoms with E-state index in [0.717, 1.165) is 23.2 Å². The number of nitrogen functional groups attached to an aromatic ring is 1. The number of nitrogens with two attached hydrogens (primary N) is 2. The lowest BCUT2D eigenvalue weighted by Gasteiger charge is -2.14. The van der Waals surface area contributed by atoms with Gasteiger partial charge in [-0.15, -0.1) is 6.42 Å². The van der Waals surface area contributed by atoms with Gasteiger partial charge in [-0.1, -0.05) is 43.2 Å². The molecule has 31 heavy (non-hydrogen) atoms. The topological polar surface area (TPSA) is 117 Å². The number of carbonyl (C=O) groups excluding carboxylic acids is 1. The lowest BCUT2D eigenvalue weighted by molar-refractivity contribution is 0.0996. The summed E-state index contributed by atoms with van der Waals surface area (Å²) in [5.74, 6) is 2.02. The molecule has 0 saturated carbocycles. The largest absolute Gasteiger partial charge is 0.382 e. The van der Waals surface area contributed by atoms with Gasteiger partial charge in [-0.05, 0) is 36.1 Å². The van der Waals surface area contributed by atoms with Crippen LogP contribution in [0.3, 0.4) is 0 Å². The Hall–Kier alpha value is -4.44. The molecule has 0 atom stereocenters. The second-order valence-electron chi connectivity index (χ2n) is 6.53. The molecule has 1 amide bonds. The van der Waals surface area contributed by atoms with Crippen LogP contribution in [0.25, 0.3) is 16.5 Å². The Labute approximate surface area is 179 Å². The van der Waals surface area contributed by atoms with Crippen molar-refractivity contribution < 1.29 is 4.79 Å². The van der Waals surface area contributed by atoms with E-state index in [9.17, 15) is 9.59 Å². The predicted molar refractivity (Wildman–Crippen MR) is 122 cm³/mol. The standard InChI is InChI=1S/C19H15NO.C5H6N4O/c1-3-14-9-8-10-15-13-16(4-2)20(19(21)18(14)15)17-11-6-5-7-12-17;6-4-3(5(7)10)8-1-2-9-4/h1,5-13H,4H2,2H3;1-2H,(H2,6,9)(H2,7,10). The quantitative estimate of drug-likeness (QED) is 0.503. The highest BCUT2D eigenvalue weighted by Gasteiger charge is 2.12. The number of aromatic nitrogens is 3. The number of rotatable bonds is 3. The smallest absolute Gasteiger partial charge is 0.271 e. The number of para-hydroxylation sites is 1. The van der Waals surface area contributed by atoms with Crippen molar-refractivity contribution in [1.82, 2.24) is 14.5 Å². The summed E-state index contributed by atoms with van der Waals surface area (Å²) in [4.78, 5) is 30.6. The van der Waals surface area contributed by atoms with Gasteiger partial charge in [0.05, 0.1) is 5.39 Å². The van der Waals surface area contributed by atoms with E-state index in [2.05, 4.69) is 15.9 Å². The van der Waals surface area contributed by atoms with Crippen molar-refractivity contribution in [3.63, 3.8) is 0 Å². The van der Waals surface area contributed by atoms with E-state index in [1.807, 2.05) is 61.5 Å². The summed E-state index contributed by atoms with van der Waals surface area (Å²) < 4.78 is 1.75. The fourth-order valence-electron chi connectivity index (χ4n) is 3.19. The van der Waals surface area contributed by atoms with E-state index in [0.29, 0.717) is 10.9 Å². The zero-order valence-corrected chi connectivity index (χ0v) is 16.9. The highest BCUT2D eigenvalue weighted by molar-refractivity contribution is 5.94. The number of hydrogen-bond acceptors (Lipinski definition) is 5. The maximum absolute atomic E-state index is 13.0. The maximum Gasteiger partial charge on any atom is 0.271 e. The van der Waals surface area contributed by atoms with Crippen molar-refractivity contribution in [2.24, 2.45) is 5.73 Å². The number of primary amides is 1.